The highest BCUT2D eigenvalue weighted by Crippen LogP contribution is 2.23. The van der Waals surface area contributed by atoms with Crippen LogP contribution in [0.1, 0.15) is 12.1 Å². The quantitative estimate of drug-likeness (QED) is 0.396. The van der Waals surface area contributed by atoms with Gasteiger partial charge in [0, 0.05) is 13.1 Å². The number of hydrogen-bond donors (Lipinski definition) is 4. The molecule has 0 fully saturated rings. The van der Waals surface area contributed by atoms with Gasteiger partial charge in [0.15, 0.2) is 11.5 Å². The van der Waals surface area contributed by atoms with Crippen LogP contribution in [-0.2, 0) is 24.6 Å². The van der Waals surface area contributed by atoms with Gasteiger partial charge >= 0.3 is 10.3 Å². The number of benzene rings is 1. The van der Waals surface area contributed by atoms with E-state index < -0.39 is 32.1 Å². The van der Waals surface area contributed by atoms with Crippen LogP contribution in [-0.4, -0.2) is 58.3 Å². The van der Waals surface area contributed by atoms with Crippen LogP contribution in [0.3, 0.4) is 0 Å². The van der Waals surface area contributed by atoms with Crippen molar-refractivity contribution in [1.29, 1.82) is 0 Å². The van der Waals surface area contributed by atoms with Crippen molar-refractivity contribution in [2.45, 2.75) is 6.42 Å². The Kier molecular flexibility index (Phi) is 7.26. The number of fused-ring (bicyclic) bond motifs is 1. The predicted molar refractivity (Wildman–Crippen MR) is 114 cm³/mol. The molecule has 174 valence electrons. The molecule has 0 aliphatic carbocycles. The number of halogens is 2. The summed E-state index contributed by atoms with van der Waals surface area (Å²) in [5.74, 6) is -1.24. The van der Waals surface area contributed by atoms with Crippen molar-refractivity contribution < 1.29 is 30.1 Å². The van der Waals surface area contributed by atoms with Gasteiger partial charge in [-0.05, 0) is 50.9 Å². The molecule has 0 radical (unpaired) electrons. The second kappa shape index (κ2) is 9.76. The Labute approximate surface area is 190 Å². The molecule has 0 amide bonds. The number of aliphatic imine (C=N–C) groups is 2. The SMILES string of the molecule is CS(=O)(=O)NC1=NCCCNc2nonc2C(=Nc2ccc(F)c(Br)c2)NOS(=O)(=O)N1. The molecule has 0 spiro atoms. The van der Waals surface area contributed by atoms with E-state index in [4.69, 9.17) is 8.91 Å². The highest BCUT2D eigenvalue weighted by atomic mass is 79.9. The maximum atomic E-state index is 13.5. The summed E-state index contributed by atoms with van der Waals surface area (Å²) in [6.45, 7) is 0.339. The lowest BCUT2D eigenvalue weighted by Gasteiger charge is -2.12. The van der Waals surface area contributed by atoms with Crippen molar-refractivity contribution in [3.63, 3.8) is 0 Å². The number of anilines is 1. The van der Waals surface area contributed by atoms with Crippen LogP contribution >= 0.6 is 15.9 Å². The Balaban J connectivity index is 1.97. The van der Waals surface area contributed by atoms with E-state index in [-0.39, 0.29) is 34.1 Å². The molecular weight excluding hydrogens is 539 g/mol. The summed E-state index contributed by atoms with van der Waals surface area (Å²) in [5.41, 5.74) is 2.28. The minimum atomic E-state index is -4.64. The third-order valence-corrected chi connectivity index (χ3v) is 5.42. The van der Waals surface area contributed by atoms with E-state index >= 15 is 0 Å². The topological polar surface area (TPSA) is 189 Å². The number of sulfonamides is 1. The number of hydroxylamine groups is 1. The Hall–Kier alpha value is -2.83. The number of amidine groups is 1. The van der Waals surface area contributed by atoms with Gasteiger partial charge in [-0.3, -0.25) is 9.71 Å². The van der Waals surface area contributed by atoms with Gasteiger partial charge in [-0.15, -0.1) is 4.28 Å². The van der Waals surface area contributed by atoms with Crippen molar-refractivity contribution in [2.75, 3.05) is 24.7 Å². The molecule has 1 aliphatic heterocycles. The monoisotopic (exact) mass is 554 g/mol. The Morgan fingerprint density at radius 1 is 1.31 bits per heavy atom. The summed E-state index contributed by atoms with van der Waals surface area (Å²) in [6, 6.07) is 3.80. The molecular formula is C14H16BrFN8O6S2. The summed E-state index contributed by atoms with van der Waals surface area (Å²) >= 11 is 3.03. The number of aromatic nitrogens is 2. The highest BCUT2D eigenvalue weighted by Gasteiger charge is 2.23. The lowest BCUT2D eigenvalue weighted by Crippen LogP contribution is -2.46. The van der Waals surface area contributed by atoms with Gasteiger partial charge in [-0.2, -0.15) is 8.42 Å². The van der Waals surface area contributed by atoms with Crippen LogP contribution in [0.5, 0.6) is 0 Å². The summed E-state index contributed by atoms with van der Waals surface area (Å²) in [5, 5.41) is 10.3. The van der Waals surface area contributed by atoms with E-state index in [0.717, 1.165) is 12.3 Å². The average Bonchev–Trinajstić information content (AvgIpc) is 3.14. The third kappa shape index (κ3) is 6.84. The van der Waals surface area contributed by atoms with Crippen LogP contribution < -0.4 is 20.2 Å². The maximum Gasteiger partial charge on any atom is 0.383 e. The first-order valence-corrected chi connectivity index (χ1v) is 12.7. The van der Waals surface area contributed by atoms with Gasteiger partial charge in [0.05, 0.1) is 16.4 Å². The van der Waals surface area contributed by atoms with Gasteiger partial charge in [0.1, 0.15) is 5.82 Å². The molecule has 2 heterocycles. The molecule has 0 atom stereocenters. The van der Waals surface area contributed by atoms with E-state index in [9.17, 15) is 21.2 Å². The fourth-order valence-electron chi connectivity index (χ4n) is 2.24. The van der Waals surface area contributed by atoms with E-state index in [1.54, 1.807) is 0 Å². The van der Waals surface area contributed by atoms with Gasteiger partial charge in [-0.25, -0.2) is 32.6 Å². The maximum absolute atomic E-state index is 13.5. The zero-order valence-corrected chi connectivity index (χ0v) is 19.4. The predicted octanol–water partition coefficient (Wildman–Crippen LogP) is 0.126. The minimum Gasteiger partial charge on any atom is -0.365 e. The molecule has 18 heteroatoms. The zero-order valence-electron chi connectivity index (χ0n) is 16.2. The van der Waals surface area contributed by atoms with E-state index in [1.165, 1.54) is 12.1 Å². The van der Waals surface area contributed by atoms with Crippen LogP contribution in [0.25, 0.3) is 0 Å². The number of hydrogen-bond acceptors (Lipinski definition) is 11. The zero-order chi connectivity index (χ0) is 23.4. The standard InChI is InChI=1S/C14H16BrFN8O6S2/c1-31(25,26)23-14-18-6-2-5-17-12-11(20-29-21-12)13(22-30-32(27,28)24-14)19-8-3-4-10(16)9(15)7-8/h3-4,7H,2,5-6H2,1H3,(H,17,21)(H,19,22)(H2,18,23,24). The number of guanidine groups is 1. The minimum absolute atomic E-state index is 0.0321. The molecule has 0 bridgehead atoms. The first-order chi connectivity index (χ1) is 15.0. The van der Waals surface area contributed by atoms with Crippen LogP contribution in [0.15, 0.2) is 37.3 Å². The summed E-state index contributed by atoms with van der Waals surface area (Å²) in [7, 11) is -8.47. The number of nitrogens with one attached hydrogen (secondary N) is 4. The molecule has 1 aromatic heterocycles. The van der Waals surface area contributed by atoms with Gasteiger partial charge in [0.2, 0.25) is 21.8 Å². The Morgan fingerprint density at radius 2 is 2.09 bits per heavy atom. The molecule has 32 heavy (non-hydrogen) atoms. The van der Waals surface area contributed by atoms with Crippen molar-refractivity contribution in [2.24, 2.45) is 9.98 Å². The Morgan fingerprint density at radius 3 is 2.81 bits per heavy atom. The van der Waals surface area contributed by atoms with Crippen molar-refractivity contribution >= 4 is 59.6 Å². The smallest absolute Gasteiger partial charge is 0.365 e. The number of nitrogens with zero attached hydrogens (tertiary/aromatic N) is 4. The summed E-state index contributed by atoms with van der Waals surface area (Å²) in [6.07, 6.45) is 1.18. The molecule has 3 rings (SSSR count). The first-order valence-electron chi connectivity index (χ1n) is 8.62. The molecule has 4 N–H and O–H groups in total. The Bertz CT molecular complexity index is 1260. The van der Waals surface area contributed by atoms with Gasteiger partial charge < -0.3 is 5.32 Å². The lowest BCUT2D eigenvalue weighted by molar-refractivity contribution is 0.263. The second-order valence-corrected chi connectivity index (χ2v) is 10.0. The normalized spacial score (nSPS) is 18.5. The summed E-state index contributed by atoms with van der Waals surface area (Å²) in [4.78, 5) is 8.05. The van der Waals surface area contributed by atoms with Gasteiger partial charge in [-0.1, -0.05) is 0 Å². The van der Waals surface area contributed by atoms with Crippen LogP contribution in [0.4, 0.5) is 15.9 Å². The third-order valence-electron chi connectivity index (χ3n) is 3.51. The second-order valence-electron chi connectivity index (χ2n) is 6.15. The highest BCUT2D eigenvalue weighted by molar-refractivity contribution is 9.10. The summed E-state index contributed by atoms with van der Waals surface area (Å²) < 4.78 is 74.5. The molecule has 0 saturated carbocycles. The molecule has 14 nitrogen and oxygen atoms in total. The molecule has 0 unspecified atom stereocenters. The van der Waals surface area contributed by atoms with Crippen molar-refractivity contribution in [3.05, 3.63) is 34.2 Å². The molecule has 1 aromatic carbocycles. The van der Waals surface area contributed by atoms with Crippen LogP contribution in [0.2, 0.25) is 0 Å². The van der Waals surface area contributed by atoms with Crippen LogP contribution in [0, 0.1) is 5.82 Å². The largest absolute Gasteiger partial charge is 0.383 e. The van der Waals surface area contributed by atoms with Crippen molar-refractivity contribution in [1.82, 2.24) is 25.2 Å². The lowest BCUT2D eigenvalue weighted by atomic mass is 10.3. The number of rotatable bonds is 2. The molecule has 1 aliphatic rings. The van der Waals surface area contributed by atoms with E-state index in [0.29, 0.717) is 13.0 Å². The van der Waals surface area contributed by atoms with Crippen molar-refractivity contribution in [3.8, 4) is 0 Å². The molecule has 2 aromatic rings. The van der Waals surface area contributed by atoms with E-state index in [1.807, 2.05) is 9.44 Å². The first kappa shape index (κ1) is 23.8. The van der Waals surface area contributed by atoms with E-state index in [2.05, 4.69) is 47.0 Å². The fourth-order valence-corrected chi connectivity index (χ4v) is 3.72. The average molecular weight is 555 g/mol. The van der Waals surface area contributed by atoms with Gasteiger partial charge in [0.25, 0.3) is 0 Å². The fraction of sp³-hybridized carbons (Fsp3) is 0.286. The molecule has 0 saturated heterocycles.